The summed E-state index contributed by atoms with van der Waals surface area (Å²) in [6.07, 6.45) is 0.932. The molecule has 0 saturated carbocycles. The molecule has 0 aliphatic rings. The van der Waals surface area contributed by atoms with Crippen LogP contribution in [0.3, 0.4) is 0 Å². The van der Waals surface area contributed by atoms with Crippen molar-refractivity contribution in [2.24, 2.45) is 22.3 Å². The number of benzene rings is 1. The summed E-state index contributed by atoms with van der Waals surface area (Å²) in [7, 11) is 0. The zero-order valence-corrected chi connectivity index (χ0v) is 15.9. The molecular weight excluding hydrogens is 392 g/mol. The second-order valence-corrected chi connectivity index (χ2v) is 5.66. The van der Waals surface area contributed by atoms with Crippen LogP contribution >= 0.6 is 12.4 Å². The molecule has 0 aliphatic carbocycles. The number of primary amides is 2. The summed E-state index contributed by atoms with van der Waals surface area (Å²) in [5.74, 6) is -0.793. The number of carbonyl (C=O) groups excluding carboxylic acids is 2. The number of rotatable bonds is 11. The average molecular weight is 417 g/mol. The third-order valence-corrected chi connectivity index (χ3v) is 3.55. The molecule has 0 bridgehead atoms. The average Bonchev–Trinajstić information content (AvgIpc) is 2.59. The van der Waals surface area contributed by atoms with Gasteiger partial charge in [0.15, 0.2) is 5.03 Å². The number of hydrazone groups is 1. The number of nitro groups is 1. The Morgan fingerprint density at radius 3 is 2.14 bits per heavy atom. The van der Waals surface area contributed by atoms with Crippen LogP contribution < -0.4 is 33.2 Å². The van der Waals surface area contributed by atoms with Gasteiger partial charge in [0.25, 0.3) is 5.96 Å². The SMILES string of the molecule is Cl.NC(=O)NCc1ccc(CN[C@H](CCCNC(N)=N[N+](=O)[O-])C(N)=O)cc1. The zero-order valence-electron chi connectivity index (χ0n) is 15.1. The maximum Gasteiger partial charge on any atom is 0.312 e. The van der Waals surface area contributed by atoms with Crippen LogP contribution in [0.1, 0.15) is 24.0 Å². The van der Waals surface area contributed by atoms with Crippen LogP contribution in [0.5, 0.6) is 0 Å². The van der Waals surface area contributed by atoms with E-state index in [0.29, 0.717) is 32.5 Å². The number of hydrogen-bond donors (Lipinski definition) is 6. The Kier molecular flexibility index (Phi) is 11.6. The molecule has 12 nitrogen and oxygen atoms in total. The van der Waals surface area contributed by atoms with Gasteiger partial charge in [0.1, 0.15) is 5.10 Å². The number of hydrogen-bond acceptors (Lipinski definition) is 5. The van der Waals surface area contributed by atoms with Gasteiger partial charge in [-0.15, -0.1) is 12.4 Å². The van der Waals surface area contributed by atoms with Gasteiger partial charge in [-0.1, -0.05) is 24.3 Å². The first-order valence-corrected chi connectivity index (χ1v) is 8.14. The molecular formula is C15H25ClN8O4. The van der Waals surface area contributed by atoms with E-state index in [1.165, 1.54) is 0 Å². The largest absolute Gasteiger partial charge is 0.368 e. The molecule has 1 aromatic carbocycles. The van der Waals surface area contributed by atoms with Crippen LogP contribution in [0.15, 0.2) is 29.4 Å². The molecule has 28 heavy (non-hydrogen) atoms. The van der Waals surface area contributed by atoms with Crippen molar-refractivity contribution in [2.75, 3.05) is 6.54 Å². The molecule has 3 amide bonds. The van der Waals surface area contributed by atoms with E-state index in [1.807, 2.05) is 24.3 Å². The van der Waals surface area contributed by atoms with Crippen molar-refractivity contribution in [3.05, 3.63) is 45.5 Å². The predicted octanol–water partition coefficient (Wildman–Crippen LogP) is -0.904. The molecule has 9 N–H and O–H groups in total. The summed E-state index contributed by atoms with van der Waals surface area (Å²) >= 11 is 0. The molecule has 0 spiro atoms. The number of nitrogens with one attached hydrogen (secondary N) is 3. The molecule has 0 saturated heterocycles. The van der Waals surface area contributed by atoms with E-state index in [9.17, 15) is 19.7 Å². The van der Waals surface area contributed by atoms with Gasteiger partial charge >= 0.3 is 6.03 Å². The minimum absolute atomic E-state index is 0. The van der Waals surface area contributed by atoms with Crippen molar-refractivity contribution in [1.82, 2.24) is 16.0 Å². The summed E-state index contributed by atoms with van der Waals surface area (Å²) in [5.41, 5.74) is 17.5. The minimum Gasteiger partial charge on any atom is -0.368 e. The van der Waals surface area contributed by atoms with Gasteiger partial charge in [0.2, 0.25) is 5.91 Å². The van der Waals surface area contributed by atoms with Crippen molar-refractivity contribution in [1.29, 1.82) is 0 Å². The highest BCUT2D eigenvalue weighted by Gasteiger charge is 2.14. The van der Waals surface area contributed by atoms with E-state index in [4.69, 9.17) is 17.2 Å². The smallest absolute Gasteiger partial charge is 0.312 e. The lowest BCUT2D eigenvalue weighted by Gasteiger charge is -2.16. The molecule has 0 aliphatic heterocycles. The van der Waals surface area contributed by atoms with Crippen LogP contribution in [0.25, 0.3) is 0 Å². The summed E-state index contributed by atoms with van der Waals surface area (Å²) in [6, 6.07) is 6.25. The minimum atomic E-state index is -0.897. The van der Waals surface area contributed by atoms with Crippen molar-refractivity contribution in [3.8, 4) is 0 Å². The van der Waals surface area contributed by atoms with E-state index in [1.54, 1.807) is 0 Å². The van der Waals surface area contributed by atoms with Gasteiger partial charge < -0.3 is 33.2 Å². The molecule has 0 unspecified atom stereocenters. The molecule has 0 heterocycles. The van der Waals surface area contributed by atoms with E-state index in [0.717, 1.165) is 11.1 Å². The number of nitrogens with two attached hydrogens (primary N) is 3. The highest BCUT2D eigenvalue weighted by atomic mass is 35.5. The maximum atomic E-state index is 11.5. The first kappa shape index (κ1) is 24.9. The normalized spacial score (nSPS) is 11.8. The first-order chi connectivity index (χ1) is 12.8. The Balaban J connectivity index is 0.00000729. The third-order valence-electron chi connectivity index (χ3n) is 3.55. The van der Waals surface area contributed by atoms with E-state index >= 15 is 0 Å². The van der Waals surface area contributed by atoms with Crippen LogP contribution in [0, 0.1) is 10.1 Å². The van der Waals surface area contributed by atoms with Crippen LogP contribution in [0.4, 0.5) is 4.79 Å². The molecule has 1 aromatic rings. The summed E-state index contributed by atoms with van der Waals surface area (Å²) in [4.78, 5) is 32.4. The second kappa shape index (κ2) is 13.1. The van der Waals surface area contributed by atoms with Gasteiger partial charge in [-0.3, -0.25) is 4.79 Å². The summed E-state index contributed by atoms with van der Waals surface area (Å²) in [6.45, 7) is 1.08. The number of halogens is 1. The van der Waals surface area contributed by atoms with E-state index in [-0.39, 0.29) is 18.4 Å². The molecule has 1 rings (SSSR count). The maximum absolute atomic E-state index is 11.5. The number of amides is 3. The number of urea groups is 1. The molecule has 1 atom stereocenters. The van der Waals surface area contributed by atoms with Gasteiger partial charge in [-0.2, -0.15) is 0 Å². The first-order valence-electron chi connectivity index (χ1n) is 8.14. The standard InChI is InChI=1S/C15H24N8O4.ClH/c16-13(24)12(2-1-7-19-14(17)22-23(26)27)20-8-10-3-5-11(6-4-10)9-21-15(18)25;/h3-6,12,20H,1-2,7-9H2,(H2,16,24)(H3,17,19,22)(H3,18,21,25);1H/t12-;/m1./s1. The fraction of sp³-hybridized carbons (Fsp3) is 0.400. The Bertz CT molecular complexity index is 683. The lowest BCUT2D eigenvalue weighted by Crippen LogP contribution is -2.41. The summed E-state index contributed by atoms with van der Waals surface area (Å²) < 4.78 is 0. The Hall–Kier alpha value is -3.12. The fourth-order valence-electron chi connectivity index (χ4n) is 2.20. The molecule has 0 fully saturated rings. The van der Waals surface area contributed by atoms with E-state index in [2.05, 4.69) is 21.1 Å². The highest BCUT2D eigenvalue weighted by Crippen LogP contribution is 2.05. The molecule has 0 aromatic heterocycles. The topological polar surface area (TPSA) is 204 Å². The van der Waals surface area contributed by atoms with Gasteiger partial charge in [0.05, 0.1) is 6.04 Å². The van der Waals surface area contributed by atoms with Crippen LogP contribution in [0.2, 0.25) is 0 Å². The molecule has 0 radical (unpaired) electrons. The monoisotopic (exact) mass is 416 g/mol. The molecule has 156 valence electrons. The quantitative estimate of drug-likeness (QED) is 0.0879. The van der Waals surface area contributed by atoms with Crippen LogP contribution in [-0.2, 0) is 17.9 Å². The van der Waals surface area contributed by atoms with Crippen LogP contribution in [-0.4, -0.2) is 35.5 Å². The highest BCUT2D eigenvalue weighted by molar-refractivity contribution is 5.85. The zero-order chi connectivity index (χ0) is 20.2. The Morgan fingerprint density at radius 1 is 1.07 bits per heavy atom. The Morgan fingerprint density at radius 2 is 1.64 bits per heavy atom. The second-order valence-electron chi connectivity index (χ2n) is 5.66. The van der Waals surface area contributed by atoms with Gasteiger partial charge in [0, 0.05) is 19.6 Å². The third kappa shape index (κ3) is 10.8. The van der Waals surface area contributed by atoms with Crippen molar-refractivity contribution in [2.45, 2.75) is 32.0 Å². The van der Waals surface area contributed by atoms with Crippen molar-refractivity contribution < 1.29 is 14.6 Å². The number of nitrogens with zero attached hydrogens (tertiary/aromatic N) is 2. The van der Waals surface area contributed by atoms with Crippen molar-refractivity contribution in [3.63, 3.8) is 0 Å². The number of carbonyl (C=O) groups is 2. The van der Waals surface area contributed by atoms with Gasteiger partial charge in [-0.25, -0.2) is 14.9 Å². The molecule has 13 heteroatoms. The fourth-order valence-corrected chi connectivity index (χ4v) is 2.20. The summed E-state index contributed by atoms with van der Waals surface area (Å²) in [5, 5.41) is 20.3. The Labute approximate surface area is 167 Å². The van der Waals surface area contributed by atoms with Gasteiger partial charge in [-0.05, 0) is 24.0 Å². The lowest BCUT2D eigenvalue weighted by atomic mass is 10.1. The predicted molar refractivity (Wildman–Crippen MR) is 106 cm³/mol. The number of guanidine groups is 1. The van der Waals surface area contributed by atoms with Crippen molar-refractivity contribution >= 4 is 30.3 Å². The van der Waals surface area contributed by atoms with E-state index < -0.39 is 23.0 Å². The lowest BCUT2D eigenvalue weighted by molar-refractivity contribution is -0.485.